The van der Waals surface area contributed by atoms with Crippen LogP contribution in [-0.4, -0.2) is 43.5 Å². The van der Waals surface area contributed by atoms with Crippen LogP contribution in [0.15, 0.2) is 53.5 Å². The van der Waals surface area contributed by atoms with Crippen molar-refractivity contribution < 1.29 is 9.53 Å². The van der Waals surface area contributed by atoms with Crippen molar-refractivity contribution in [3.05, 3.63) is 65.2 Å². The molecule has 0 unspecified atom stereocenters. The lowest BCUT2D eigenvalue weighted by Crippen LogP contribution is -2.38. The minimum atomic E-state index is 0.222. The first-order valence-electron chi connectivity index (χ1n) is 10.7. The molecule has 3 rings (SSSR count). The Morgan fingerprint density at radius 3 is 2.67 bits per heavy atom. The Labute approximate surface area is 179 Å². The fraction of sp³-hybridized carbons (Fsp3) is 0.417. The van der Waals surface area contributed by atoms with E-state index >= 15 is 0 Å². The van der Waals surface area contributed by atoms with Crippen LogP contribution in [0.3, 0.4) is 0 Å². The summed E-state index contributed by atoms with van der Waals surface area (Å²) >= 11 is 0. The molecule has 2 aromatic rings. The Morgan fingerprint density at radius 2 is 1.87 bits per heavy atom. The molecule has 2 aromatic carbocycles. The molecule has 1 aliphatic heterocycles. The van der Waals surface area contributed by atoms with Gasteiger partial charge in [-0.2, -0.15) is 0 Å². The highest BCUT2D eigenvalue weighted by Crippen LogP contribution is 2.19. The van der Waals surface area contributed by atoms with Gasteiger partial charge >= 0.3 is 0 Å². The third kappa shape index (κ3) is 5.99. The molecule has 6 heteroatoms. The maximum Gasteiger partial charge on any atom is 0.222 e. The zero-order valence-electron chi connectivity index (χ0n) is 18.0. The van der Waals surface area contributed by atoms with E-state index in [4.69, 9.17) is 4.74 Å². The third-order valence-corrected chi connectivity index (χ3v) is 5.29. The van der Waals surface area contributed by atoms with Gasteiger partial charge in [0.2, 0.25) is 5.91 Å². The first kappa shape index (κ1) is 21.7. The molecule has 2 N–H and O–H groups in total. The maximum absolute atomic E-state index is 12.6. The number of aliphatic imine (C=N–C) groups is 1. The van der Waals surface area contributed by atoms with Gasteiger partial charge in [0, 0.05) is 45.2 Å². The second kappa shape index (κ2) is 11.2. The Bertz CT molecular complexity index is 866. The topological polar surface area (TPSA) is 66.0 Å². The van der Waals surface area contributed by atoms with Gasteiger partial charge in [-0.3, -0.25) is 9.79 Å². The number of carbonyl (C=O) groups excluding carboxylic acids is 1. The van der Waals surface area contributed by atoms with Crippen LogP contribution in [0, 0.1) is 0 Å². The van der Waals surface area contributed by atoms with Gasteiger partial charge in [0.1, 0.15) is 5.75 Å². The van der Waals surface area contributed by atoms with Crippen LogP contribution in [0.4, 0.5) is 0 Å². The number of amides is 1. The first-order valence-corrected chi connectivity index (χ1v) is 10.7. The average Bonchev–Trinajstić information content (AvgIpc) is 2.79. The Hall–Kier alpha value is -3.02. The molecule has 0 aromatic heterocycles. The smallest absolute Gasteiger partial charge is 0.222 e. The molecule has 30 heavy (non-hydrogen) atoms. The van der Waals surface area contributed by atoms with Crippen LogP contribution in [-0.2, 0) is 24.3 Å². The number of nitrogens with zero attached hydrogens (tertiary/aromatic N) is 2. The summed E-state index contributed by atoms with van der Waals surface area (Å²) in [6.07, 6.45) is 2.26. The summed E-state index contributed by atoms with van der Waals surface area (Å²) in [6.45, 7) is 5.48. The van der Waals surface area contributed by atoms with Gasteiger partial charge in [-0.15, -0.1) is 0 Å². The van der Waals surface area contributed by atoms with E-state index in [1.54, 1.807) is 7.05 Å². The summed E-state index contributed by atoms with van der Waals surface area (Å²) in [4.78, 5) is 18.8. The summed E-state index contributed by atoms with van der Waals surface area (Å²) in [5.74, 6) is 1.83. The highest BCUT2D eigenvalue weighted by molar-refractivity contribution is 5.80. The predicted molar refractivity (Wildman–Crippen MR) is 121 cm³/mol. The van der Waals surface area contributed by atoms with Crippen molar-refractivity contribution in [1.82, 2.24) is 15.5 Å². The largest absolute Gasteiger partial charge is 0.494 e. The third-order valence-electron chi connectivity index (χ3n) is 5.29. The van der Waals surface area contributed by atoms with Crippen molar-refractivity contribution in [2.75, 3.05) is 26.7 Å². The number of ether oxygens (including phenoxy) is 1. The molecule has 0 fully saturated rings. The number of para-hydroxylation sites is 1. The molecule has 6 nitrogen and oxygen atoms in total. The molecule has 0 aliphatic carbocycles. The fourth-order valence-corrected chi connectivity index (χ4v) is 3.66. The number of guanidine groups is 1. The van der Waals surface area contributed by atoms with Gasteiger partial charge in [0.25, 0.3) is 0 Å². The van der Waals surface area contributed by atoms with Crippen LogP contribution in [0.25, 0.3) is 0 Å². The van der Waals surface area contributed by atoms with Gasteiger partial charge in [-0.25, -0.2) is 0 Å². The van der Waals surface area contributed by atoms with E-state index in [0.717, 1.165) is 43.2 Å². The quantitative estimate of drug-likeness (QED) is 0.400. The molecule has 0 bridgehead atoms. The zero-order valence-corrected chi connectivity index (χ0v) is 18.0. The number of fused-ring (bicyclic) bond motifs is 1. The normalized spacial score (nSPS) is 13.5. The SMILES string of the molecule is CCOc1ccccc1CNC(=NC)NCCCC(=O)N1CCc2ccccc2C1. The predicted octanol–water partition coefficient (Wildman–Crippen LogP) is 3.12. The fourth-order valence-electron chi connectivity index (χ4n) is 3.66. The standard InChI is InChI=1S/C24H32N4O2/c1-3-30-22-12-7-6-10-20(22)17-27-24(25-2)26-15-8-13-23(29)28-16-14-19-9-4-5-11-21(19)18-28/h4-7,9-12H,3,8,13-18H2,1-2H3,(H2,25,26,27). The monoisotopic (exact) mass is 408 g/mol. The summed E-state index contributed by atoms with van der Waals surface area (Å²) in [5.41, 5.74) is 3.72. The Morgan fingerprint density at radius 1 is 1.10 bits per heavy atom. The average molecular weight is 409 g/mol. The van der Waals surface area contributed by atoms with Crippen LogP contribution in [0.2, 0.25) is 0 Å². The summed E-state index contributed by atoms with van der Waals surface area (Å²) in [5, 5.41) is 6.60. The van der Waals surface area contributed by atoms with Gasteiger partial charge in [-0.1, -0.05) is 42.5 Å². The minimum Gasteiger partial charge on any atom is -0.494 e. The van der Waals surface area contributed by atoms with E-state index < -0.39 is 0 Å². The van der Waals surface area contributed by atoms with E-state index in [2.05, 4.69) is 33.8 Å². The second-order valence-electron chi connectivity index (χ2n) is 7.33. The number of hydrogen-bond donors (Lipinski definition) is 2. The van der Waals surface area contributed by atoms with E-state index in [1.807, 2.05) is 42.2 Å². The lowest BCUT2D eigenvalue weighted by Gasteiger charge is -2.29. The molecule has 0 spiro atoms. The van der Waals surface area contributed by atoms with Crippen LogP contribution in [0.1, 0.15) is 36.5 Å². The minimum absolute atomic E-state index is 0.222. The van der Waals surface area contributed by atoms with Gasteiger partial charge in [0.15, 0.2) is 5.96 Å². The molecule has 1 heterocycles. The summed E-state index contributed by atoms with van der Waals surface area (Å²) < 4.78 is 5.67. The van der Waals surface area contributed by atoms with Crippen molar-refractivity contribution in [2.24, 2.45) is 4.99 Å². The van der Waals surface area contributed by atoms with Gasteiger partial charge in [0.05, 0.1) is 6.61 Å². The number of hydrogen-bond acceptors (Lipinski definition) is 3. The maximum atomic E-state index is 12.6. The number of nitrogens with one attached hydrogen (secondary N) is 2. The highest BCUT2D eigenvalue weighted by Gasteiger charge is 2.19. The summed E-state index contributed by atoms with van der Waals surface area (Å²) in [6, 6.07) is 16.4. The Kier molecular flexibility index (Phi) is 8.12. The van der Waals surface area contributed by atoms with Crippen molar-refractivity contribution in [3.8, 4) is 5.75 Å². The van der Waals surface area contributed by atoms with Crippen molar-refractivity contribution in [3.63, 3.8) is 0 Å². The molecule has 0 atom stereocenters. The van der Waals surface area contributed by atoms with Crippen molar-refractivity contribution >= 4 is 11.9 Å². The van der Waals surface area contributed by atoms with Crippen molar-refractivity contribution in [2.45, 2.75) is 39.3 Å². The Balaban J connectivity index is 1.39. The molecular formula is C24H32N4O2. The second-order valence-corrected chi connectivity index (χ2v) is 7.33. The molecule has 0 radical (unpaired) electrons. The molecular weight excluding hydrogens is 376 g/mol. The van der Waals surface area contributed by atoms with E-state index in [1.165, 1.54) is 11.1 Å². The van der Waals surface area contributed by atoms with Gasteiger partial charge in [-0.05, 0) is 37.0 Å². The molecule has 0 saturated heterocycles. The van der Waals surface area contributed by atoms with Gasteiger partial charge < -0.3 is 20.3 Å². The first-order chi connectivity index (χ1) is 14.7. The van der Waals surface area contributed by atoms with Crippen LogP contribution < -0.4 is 15.4 Å². The molecule has 160 valence electrons. The lowest BCUT2D eigenvalue weighted by molar-refractivity contribution is -0.132. The summed E-state index contributed by atoms with van der Waals surface area (Å²) in [7, 11) is 1.75. The van der Waals surface area contributed by atoms with Crippen LogP contribution >= 0.6 is 0 Å². The number of benzene rings is 2. The molecule has 1 aliphatic rings. The van der Waals surface area contributed by atoms with Crippen LogP contribution in [0.5, 0.6) is 5.75 Å². The molecule has 1 amide bonds. The van der Waals surface area contributed by atoms with E-state index in [-0.39, 0.29) is 5.91 Å². The highest BCUT2D eigenvalue weighted by atomic mass is 16.5. The van der Waals surface area contributed by atoms with E-state index in [0.29, 0.717) is 26.1 Å². The lowest BCUT2D eigenvalue weighted by atomic mass is 9.99. The van der Waals surface area contributed by atoms with E-state index in [9.17, 15) is 4.79 Å². The zero-order chi connectivity index (χ0) is 21.2. The number of carbonyl (C=O) groups is 1. The van der Waals surface area contributed by atoms with Crippen molar-refractivity contribution in [1.29, 1.82) is 0 Å². The molecule has 0 saturated carbocycles. The number of rotatable bonds is 8.